The van der Waals surface area contributed by atoms with Gasteiger partial charge in [-0.2, -0.15) is 0 Å². The number of allylic oxidation sites excluding steroid dienone is 1. The van der Waals surface area contributed by atoms with Crippen molar-refractivity contribution in [2.45, 2.75) is 51.6 Å². The van der Waals surface area contributed by atoms with Crippen LogP contribution in [0.2, 0.25) is 0 Å². The van der Waals surface area contributed by atoms with Crippen molar-refractivity contribution >= 4 is 11.8 Å². The lowest BCUT2D eigenvalue weighted by Gasteiger charge is -2.21. The van der Waals surface area contributed by atoms with E-state index in [1.54, 1.807) is 6.08 Å². The zero-order valence-electron chi connectivity index (χ0n) is 10.8. The van der Waals surface area contributed by atoms with Crippen LogP contribution >= 0.6 is 0 Å². The Labute approximate surface area is 108 Å². The predicted molar refractivity (Wildman–Crippen MR) is 68.1 cm³/mol. The van der Waals surface area contributed by atoms with Crippen molar-refractivity contribution in [1.29, 1.82) is 0 Å². The molecule has 102 valence electrons. The number of aliphatic hydroxyl groups is 1. The van der Waals surface area contributed by atoms with Crippen LogP contribution in [0.3, 0.4) is 0 Å². The molecule has 1 aliphatic carbocycles. The number of ketones is 1. The molecule has 18 heavy (non-hydrogen) atoms. The summed E-state index contributed by atoms with van der Waals surface area (Å²) in [6, 6.07) is 0. The Hall–Kier alpha value is -1.16. The van der Waals surface area contributed by atoms with E-state index < -0.39 is 12.1 Å². The van der Waals surface area contributed by atoms with Gasteiger partial charge >= 0.3 is 5.97 Å². The number of aliphatic carboxylic acids is 1. The first-order valence-corrected chi connectivity index (χ1v) is 6.65. The summed E-state index contributed by atoms with van der Waals surface area (Å²) < 4.78 is 0. The molecule has 0 spiro atoms. The third-order valence-corrected chi connectivity index (χ3v) is 3.54. The lowest BCUT2D eigenvalue weighted by Crippen LogP contribution is -2.27. The molecule has 1 aliphatic rings. The van der Waals surface area contributed by atoms with Gasteiger partial charge in [0.15, 0.2) is 0 Å². The molecule has 1 rings (SSSR count). The number of carboxylic acids is 1. The molecule has 0 bridgehead atoms. The maximum atomic E-state index is 11.8. The highest BCUT2D eigenvalue weighted by Gasteiger charge is 2.37. The van der Waals surface area contributed by atoms with Crippen molar-refractivity contribution in [2.24, 2.45) is 11.8 Å². The van der Waals surface area contributed by atoms with Gasteiger partial charge in [-0.25, -0.2) is 0 Å². The molecule has 1 saturated carbocycles. The van der Waals surface area contributed by atoms with Crippen LogP contribution in [-0.2, 0) is 9.59 Å². The van der Waals surface area contributed by atoms with Crippen LogP contribution in [0.4, 0.5) is 0 Å². The summed E-state index contributed by atoms with van der Waals surface area (Å²) in [5.74, 6) is -0.888. The Balaban J connectivity index is 2.53. The third-order valence-electron chi connectivity index (χ3n) is 3.54. The normalized spacial score (nSPS) is 25.8. The number of carbonyl (C=O) groups excluding carboxylic acids is 1. The number of hydrogen-bond acceptors (Lipinski definition) is 3. The summed E-state index contributed by atoms with van der Waals surface area (Å²) in [5.41, 5.74) is 0. The van der Waals surface area contributed by atoms with Crippen LogP contribution in [0, 0.1) is 11.8 Å². The van der Waals surface area contributed by atoms with Crippen molar-refractivity contribution in [2.75, 3.05) is 0 Å². The fraction of sp³-hybridized carbons (Fsp3) is 0.714. The van der Waals surface area contributed by atoms with Gasteiger partial charge in [0.05, 0.1) is 12.0 Å². The van der Waals surface area contributed by atoms with Gasteiger partial charge in [0.25, 0.3) is 0 Å². The van der Waals surface area contributed by atoms with E-state index in [-0.39, 0.29) is 24.0 Å². The lowest BCUT2D eigenvalue weighted by molar-refractivity contribution is -0.137. The van der Waals surface area contributed by atoms with Gasteiger partial charge in [-0.15, -0.1) is 0 Å². The topological polar surface area (TPSA) is 74.6 Å². The molecule has 1 fully saturated rings. The SMILES string of the molecule is CC/C=C\C(O)[C@H]1C(=O)CC[C@@H]1CCCC(=O)O. The standard InChI is InChI=1S/C14H22O4/c1-2-3-6-11(15)14-10(8-9-12(14)16)5-4-7-13(17)18/h3,6,10-11,14-15H,2,4-5,7-9H2,1H3,(H,17,18)/b6-3-/t10-,11?,14-/m0/s1. The quantitative estimate of drug-likeness (QED) is 0.683. The van der Waals surface area contributed by atoms with E-state index >= 15 is 0 Å². The van der Waals surface area contributed by atoms with E-state index in [4.69, 9.17) is 5.11 Å². The molecular weight excluding hydrogens is 232 g/mol. The molecule has 0 amide bonds. The number of aliphatic hydroxyl groups excluding tert-OH is 1. The molecule has 4 nitrogen and oxygen atoms in total. The third kappa shape index (κ3) is 4.26. The predicted octanol–water partition coefficient (Wildman–Crippen LogP) is 2.16. The molecule has 0 radical (unpaired) electrons. The molecule has 0 aromatic rings. The highest BCUT2D eigenvalue weighted by atomic mass is 16.4. The number of hydrogen-bond donors (Lipinski definition) is 2. The molecule has 0 heterocycles. The van der Waals surface area contributed by atoms with Gasteiger partial charge in [-0.3, -0.25) is 9.59 Å². The number of carboxylic acid groups (broad SMARTS) is 1. The minimum absolute atomic E-state index is 0.114. The summed E-state index contributed by atoms with van der Waals surface area (Å²) >= 11 is 0. The summed E-state index contributed by atoms with van der Waals surface area (Å²) in [5, 5.41) is 18.6. The first kappa shape index (κ1) is 14.9. The molecule has 1 unspecified atom stereocenters. The molecule has 3 atom stereocenters. The highest BCUT2D eigenvalue weighted by molar-refractivity contribution is 5.84. The molecular formula is C14H22O4. The van der Waals surface area contributed by atoms with Gasteiger partial charge < -0.3 is 10.2 Å². The van der Waals surface area contributed by atoms with Gasteiger partial charge in [0.1, 0.15) is 5.78 Å². The van der Waals surface area contributed by atoms with Gasteiger partial charge in [0, 0.05) is 12.8 Å². The minimum atomic E-state index is -0.803. The van der Waals surface area contributed by atoms with E-state index in [1.807, 2.05) is 13.0 Å². The second-order valence-corrected chi connectivity index (χ2v) is 4.90. The van der Waals surface area contributed by atoms with Crippen molar-refractivity contribution in [3.63, 3.8) is 0 Å². The van der Waals surface area contributed by atoms with Gasteiger partial charge in [-0.05, 0) is 31.6 Å². The monoisotopic (exact) mass is 254 g/mol. The molecule has 0 aromatic heterocycles. The second-order valence-electron chi connectivity index (χ2n) is 4.90. The largest absolute Gasteiger partial charge is 0.481 e. The Bertz CT molecular complexity index is 322. The second kappa shape index (κ2) is 7.31. The van der Waals surface area contributed by atoms with E-state index in [2.05, 4.69) is 0 Å². The fourth-order valence-electron chi connectivity index (χ4n) is 2.64. The van der Waals surface area contributed by atoms with Crippen molar-refractivity contribution in [3.8, 4) is 0 Å². The Morgan fingerprint density at radius 1 is 1.56 bits per heavy atom. The van der Waals surface area contributed by atoms with Gasteiger partial charge in [-0.1, -0.05) is 19.1 Å². The summed E-state index contributed by atoms with van der Waals surface area (Å²) in [6.07, 6.45) is 6.39. The summed E-state index contributed by atoms with van der Waals surface area (Å²) in [7, 11) is 0. The van der Waals surface area contributed by atoms with Crippen LogP contribution < -0.4 is 0 Å². The van der Waals surface area contributed by atoms with Crippen LogP contribution in [0.5, 0.6) is 0 Å². The first-order valence-electron chi connectivity index (χ1n) is 6.65. The Morgan fingerprint density at radius 2 is 2.28 bits per heavy atom. The van der Waals surface area contributed by atoms with E-state index in [0.717, 1.165) is 12.8 Å². The average molecular weight is 254 g/mol. The number of rotatable bonds is 7. The fourth-order valence-corrected chi connectivity index (χ4v) is 2.64. The van der Waals surface area contributed by atoms with Crippen LogP contribution in [0.1, 0.15) is 45.4 Å². The maximum absolute atomic E-state index is 11.8. The van der Waals surface area contributed by atoms with Crippen molar-refractivity contribution in [3.05, 3.63) is 12.2 Å². The highest BCUT2D eigenvalue weighted by Crippen LogP contribution is 2.35. The summed E-state index contributed by atoms with van der Waals surface area (Å²) in [4.78, 5) is 22.2. The minimum Gasteiger partial charge on any atom is -0.481 e. The van der Waals surface area contributed by atoms with E-state index in [9.17, 15) is 14.7 Å². The molecule has 2 N–H and O–H groups in total. The van der Waals surface area contributed by atoms with Gasteiger partial charge in [0.2, 0.25) is 0 Å². The van der Waals surface area contributed by atoms with Crippen molar-refractivity contribution in [1.82, 2.24) is 0 Å². The Morgan fingerprint density at radius 3 is 2.89 bits per heavy atom. The first-order chi connectivity index (χ1) is 8.56. The number of carbonyl (C=O) groups is 2. The Kier molecular flexibility index (Phi) is 6.05. The van der Waals surface area contributed by atoms with E-state index in [1.165, 1.54) is 0 Å². The maximum Gasteiger partial charge on any atom is 0.303 e. The van der Waals surface area contributed by atoms with Crippen LogP contribution in [-0.4, -0.2) is 28.1 Å². The molecule has 0 aliphatic heterocycles. The molecule has 0 aromatic carbocycles. The lowest BCUT2D eigenvalue weighted by atomic mass is 9.86. The zero-order chi connectivity index (χ0) is 13.5. The summed E-state index contributed by atoms with van der Waals surface area (Å²) in [6.45, 7) is 1.98. The molecule has 0 saturated heterocycles. The average Bonchev–Trinajstić information content (AvgIpc) is 2.67. The number of Topliss-reactive ketones (excluding diaryl/α,β-unsaturated/α-hetero) is 1. The van der Waals surface area contributed by atoms with Crippen molar-refractivity contribution < 1.29 is 19.8 Å². The van der Waals surface area contributed by atoms with Crippen LogP contribution in [0.15, 0.2) is 12.2 Å². The zero-order valence-corrected chi connectivity index (χ0v) is 10.8. The molecule has 4 heteroatoms. The smallest absolute Gasteiger partial charge is 0.303 e. The van der Waals surface area contributed by atoms with Crippen LogP contribution in [0.25, 0.3) is 0 Å². The van der Waals surface area contributed by atoms with E-state index in [0.29, 0.717) is 19.3 Å².